The number of allylic oxidation sites excluding steroid dienone is 1. The molecule has 3 fully saturated rings. The molecule has 1 saturated heterocycles. The zero-order chi connectivity index (χ0) is 39.2. The number of hydrogen-bond donors (Lipinski definition) is 5. The number of ether oxygens (including phenoxy) is 1. The monoisotopic (exact) mass is 765 g/mol. The summed E-state index contributed by atoms with van der Waals surface area (Å²) < 4.78 is 33.0. The number of aliphatic hydroxyl groups is 1. The van der Waals surface area contributed by atoms with Gasteiger partial charge in [-0.1, -0.05) is 64.0 Å². The van der Waals surface area contributed by atoms with Gasteiger partial charge in [-0.25, -0.2) is 13.2 Å². The average Bonchev–Trinajstić information content (AvgIpc) is 3.38. The molecule has 6 N–H and O–H groups in total. The first-order valence-corrected chi connectivity index (χ1v) is 21.8. The van der Waals surface area contributed by atoms with Gasteiger partial charge in [-0.2, -0.15) is 0 Å². The number of carbonyl (C=O) groups is 4. The predicted octanol–water partition coefficient (Wildman–Crippen LogP) is 4.01. The number of sulfone groups is 1. The van der Waals surface area contributed by atoms with E-state index < -0.39 is 74.6 Å². The molecule has 14 heteroatoms. The molecule has 53 heavy (non-hydrogen) atoms. The van der Waals surface area contributed by atoms with Crippen molar-refractivity contribution in [2.24, 2.45) is 17.6 Å². The summed E-state index contributed by atoms with van der Waals surface area (Å²) in [5.74, 6) is -1.75. The Bertz CT molecular complexity index is 1450. The molecular weight excluding hydrogens is 699 g/mol. The van der Waals surface area contributed by atoms with E-state index in [0.717, 1.165) is 56.9 Å². The van der Waals surface area contributed by atoms with Crippen molar-refractivity contribution in [3.05, 3.63) is 11.6 Å². The van der Waals surface area contributed by atoms with E-state index >= 15 is 0 Å². The molecule has 0 aromatic carbocycles. The second-order valence-corrected chi connectivity index (χ2v) is 20.0. The lowest BCUT2D eigenvalue weighted by Gasteiger charge is -2.41. The first-order chi connectivity index (χ1) is 24.7. The third kappa shape index (κ3) is 12.0. The number of amides is 4. The van der Waals surface area contributed by atoms with Gasteiger partial charge in [0.2, 0.25) is 11.8 Å². The topological polar surface area (TPSA) is 197 Å². The minimum Gasteiger partial charge on any atom is -0.371 e. The Labute approximate surface area is 317 Å². The molecule has 4 amide bonds. The molecule has 0 aromatic rings. The largest absolute Gasteiger partial charge is 0.371 e. The van der Waals surface area contributed by atoms with Gasteiger partial charge in [0.25, 0.3) is 0 Å². The van der Waals surface area contributed by atoms with Crippen LogP contribution in [0.2, 0.25) is 0 Å². The van der Waals surface area contributed by atoms with Crippen molar-refractivity contribution < 1.29 is 37.4 Å². The number of hydrogen-bond acceptors (Lipinski definition) is 9. The summed E-state index contributed by atoms with van der Waals surface area (Å²) in [5, 5.41) is 18.9. The quantitative estimate of drug-likeness (QED) is 0.114. The molecule has 4 rings (SSSR count). The van der Waals surface area contributed by atoms with Crippen molar-refractivity contribution >= 4 is 33.5 Å². The van der Waals surface area contributed by atoms with Crippen LogP contribution in [-0.2, 0) is 29.0 Å². The summed E-state index contributed by atoms with van der Waals surface area (Å²) in [4.78, 5) is 57.8. The number of carbonyl (C=O) groups excluding carboxylic acids is 4. The Morgan fingerprint density at radius 2 is 1.66 bits per heavy atom. The van der Waals surface area contributed by atoms with Crippen LogP contribution in [0.4, 0.5) is 4.79 Å². The number of Topliss-reactive ketones (excluding diaryl/α,β-unsaturated/α-hetero) is 1. The normalized spacial score (nSPS) is 25.5. The van der Waals surface area contributed by atoms with Crippen LogP contribution in [0.3, 0.4) is 0 Å². The lowest BCUT2D eigenvalue weighted by atomic mass is 9.82. The molecule has 302 valence electrons. The van der Waals surface area contributed by atoms with Crippen molar-refractivity contribution in [3.8, 4) is 0 Å². The molecule has 1 aliphatic heterocycles. The van der Waals surface area contributed by atoms with Crippen LogP contribution < -0.4 is 21.7 Å². The van der Waals surface area contributed by atoms with E-state index in [1.807, 2.05) is 40.7 Å². The maximum atomic E-state index is 14.9. The van der Waals surface area contributed by atoms with Gasteiger partial charge in [-0.05, 0) is 90.9 Å². The van der Waals surface area contributed by atoms with Gasteiger partial charge < -0.3 is 30.7 Å². The zero-order valence-electron chi connectivity index (χ0n) is 33.0. The van der Waals surface area contributed by atoms with E-state index in [-0.39, 0.29) is 42.7 Å². The van der Waals surface area contributed by atoms with Gasteiger partial charge >= 0.3 is 6.03 Å². The fourth-order valence-corrected chi connectivity index (χ4v) is 10.7. The molecular formula is C39H67N5O8S. The van der Waals surface area contributed by atoms with E-state index in [1.54, 1.807) is 6.92 Å². The van der Waals surface area contributed by atoms with Crippen LogP contribution in [0.1, 0.15) is 138 Å². The van der Waals surface area contributed by atoms with Crippen LogP contribution in [0.5, 0.6) is 0 Å². The Balaban J connectivity index is 1.62. The molecule has 0 bridgehead atoms. The van der Waals surface area contributed by atoms with Gasteiger partial charge in [0.05, 0.1) is 34.8 Å². The van der Waals surface area contributed by atoms with Gasteiger partial charge in [0.15, 0.2) is 21.8 Å². The van der Waals surface area contributed by atoms with Crippen molar-refractivity contribution in [3.63, 3.8) is 0 Å². The molecule has 1 heterocycles. The zero-order valence-corrected chi connectivity index (χ0v) is 33.8. The molecule has 4 aliphatic rings. The lowest BCUT2D eigenvalue weighted by molar-refractivity contribution is -0.147. The van der Waals surface area contributed by atoms with Gasteiger partial charge in [0.1, 0.15) is 11.6 Å². The van der Waals surface area contributed by atoms with Crippen molar-refractivity contribution in [2.75, 3.05) is 18.1 Å². The third-order valence-electron chi connectivity index (χ3n) is 11.6. The second kappa shape index (κ2) is 17.9. The number of ketones is 1. The summed E-state index contributed by atoms with van der Waals surface area (Å²) in [6.45, 7) is 11.4. The Kier molecular flexibility index (Phi) is 14.6. The number of rotatable bonds is 16. The van der Waals surface area contributed by atoms with Crippen LogP contribution in [0.15, 0.2) is 11.6 Å². The minimum absolute atomic E-state index is 0.0562. The molecule has 0 aromatic heterocycles. The van der Waals surface area contributed by atoms with Gasteiger partial charge in [-0.15, -0.1) is 0 Å². The number of nitrogens with zero attached hydrogens (tertiary/aromatic N) is 1. The summed E-state index contributed by atoms with van der Waals surface area (Å²) in [5.41, 5.74) is 3.59. The number of nitrogens with one attached hydrogen (secondary N) is 3. The number of nitrogens with two attached hydrogens (primary N) is 1. The van der Waals surface area contributed by atoms with E-state index in [1.165, 1.54) is 4.90 Å². The Hall–Kier alpha value is -2.55. The SMILES string of the molecule is CC(C)CCS(=O)(=O)CC1(NC(=O)N[C@H](C(=O)N2CC(OC(C)(C)C)CC2(C)C(=O)NC(CC2=CCC2)C(=O)C(N)O)C2CCCCC2)CCCCC1. The standard InChI is InChI=1S/C39H67N5O8S/c1-26(2)18-21-53(50,51)25-39(19-11-8-12-20-39)43-36(49)42-31(28-16-9-7-10-17-28)34(47)44-24-29(52-37(3,4)5)23-38(44,6)35(48)41-30(32(45)33(40)46)22-27-14-13-15-27/h14,26,28-31,33,46H,7-13,15-25,40H2,1-6H3,(H,41,48)(H2,42,43,49)/t29?,30?,31-,33?,38?/m0/s1. The summed E-state index contributed by atoms with van der Waals surface area (Å²) in [7, 11) is -3.46. The van der Waals surface area contributed by atoms with Crippen LogP contribution >= 0.6 is 0 Å². The lowest BCUT2D eigenvalue weighted by Crippen LogP contribution is -2.65. The maximum Gasteiger partial charge on any atom is 0.315 e. The molecule has 0 radical (unpaired) electrons. The summed E-state index contributed by atoms with van der Waals surface area (Å²) >= 11 is 0. The highest BCUT2D eigenvalue weighted by Crippen LogP contribution is 2.37. The highest BCUT2D eigenvalue weighted by Gasteiger charge is 2.54. The van der Waals surface area contributed by atoms with Crippen molar-refractivity contribution in [1.29, 1.82) is 0 Å². The number of aliphatic hydroxyl groups excluding tert-OH is 1. The van der Waals surface area contributed by atoms with Crippen LogP contribution in [0, 0.1) is 11.8 Å². The highest BCUT2D eigenvalue weighted by molar-refractivity contribution is 7.91. The fourth-order valence-electron chi connectivity index (χ4n) is 8.57. The molecule has 13 nitrogen and oxygen atoms in total. The van der Waals surface area contributed by atoms with E-state index in [4.69, 9.17) is 10.5 Å². The highest BCUT2D eigenvalue weighted by atomic mass is 32.2. The number of likely N-dealkylation sites (tertiary alicyclic amines) is 1. The molecule has 0 spiro atoms. The molecule has 4 unspecified atom stereocenters. The minimum atomic E-state index is -3.46. The molecule has 3 aliphatic carbocycles. The van der Waals surface area contributed by atoms with Crippen molar-refractivity contribution in [1.82, 2.24) is 20.9 Å². The van der Waals surface area contributed by atoms with Crippen molar-refractivity contribution in [2.45, 2.75) is 179 Å². The Morgan fingerprint density at radius 1 is 1.04 bits per heavy atom. The van der Waals surface area contributed by atoms with Crippen LogP contribution in [0.25, 0.3) is 0 Å². The first-order valence-electron chi connectivity index (χ1n) is 20.0. The molecule has 2 saturated carbocycles. The van der Waals surface area contributed by atoms with E-state index in [2.05, 4.69) is 16.0 Å². The first kappa shape index (κ1) is 43.2. The summed E-state index contributed by atoms with van der Waals surface area (Å²) in [6.07, 6.45) is 10.1. The summed E-state index contributed by atoms with van der Waals surface area (Å²) in [6, 6.07) is -2.64. The third-order valence-corrected chi connectivity index (χ3v) is 13.4. The van der Waals surface area contributed by atoms with E-state index in [0.29, 0.717) is 32.1 Å². The second-order valence-electron chi connectivity index (χ2n) is 17.8. The van der Waals surface area contributed by atoms with Gasteiger partial charge in [-0.3, -0.25) is 20.1 Å². The van der Waals surface area contributed by atoms with Gasteiger partial charge in [0, 0.05) is 13.0 Å². The maximum absolute atomic E-state index is 14.9. The average molecular weight is 766 g/mol. The van der Waals surface area contributed by atoms with Crippen LogP contribution in [-0.4, -0.2) is 101 Å². The molecule has 5 atom stereocenters. The predicted molar refractivity (Wildman–Crippen MR) is 204 cm³/mol. The number of urea groups is 1. The fraction of sp³-hybridized carbons (Fsp3) is 0.846. The van der Waals surface area contributed by atoms with E-state index in [9.17, 15) is 32.7 Å². The Morgan fingerprint density at radius 3 is 2.21 bits per heavy atom. The smallest absolute Gasteiger partial charge is 0.315 e.